The normalized spacial score (nSPS) is 31.3. The Kier molecular flexibility index (Phi) is 4.04. The number of carbonyl (C=O) groups excluding carboxylic acids is 1. The third-order valence-corrected chi connectivity index (χ3v) is 3.69. The second-order valence-electron chi connectivity index (χ2n) is 5.04. The summed E-state index contributed by atoms with van der Waals surface area (Å²) in [7, 11) is 0. The van der Waals surface area contributed by atoms with E-state index in [0.717, 1.165) is 32.4 Å². The molecule has 2 atom stereocenters. The second-order valence-corrected chi connectivity index (χ2v) is 5.04. The zero-order valence-corrected chi connectivity index (χ0v) is 10.00. The maximum atomic E-state index is 11.7. The van der Waals surface area contributed by atoms with Crippen LogP contribution in [0.5, 0.6) is 0 Å². The lowest BCUT2D eigenvalue weighted by atomic mass is 9.97. The number of ether oxygens (including phenoxy) is 1. The Morgan fingerprint density at radius 1 is 1.31 bits per heavy atom. The van der Waals surface area contributed by atoms with Crippen LogP contribution in [0.15, 0.2) is 0 Å². The molecule has 1 aliphatic heterocycles. The van der Waals surface area contributed by atoms with Gasteiger partial charge in [0.1, 0.15) is 6.10 Å². The summed E-state index contributed by atoms with van der Waals surface area (Å²) < 4.78 is 5.45. The summed E-state index contributed by atoms with van der Waals surface area (Å²) in [6.07, 6.45) is 5.56. The lowest BCUT2D eigenvalue weighted by molar-refractivity contribution is 0.0501. The molecule has 4 nitrogen and oxygen atoms in total. The van der Waals surface area contributed by atoms with Crippen LogP contribution in [0.25, 0.3) is 0 Å². The molecule has 2 N–H and O–H groups in total. The first kappa shape index (κ1) is 11.7. The van der Waals surface area contributed by atoms with E-state index in [0.29, 0.717) is 12.0 Å². The topological polar surface area (TPSA) is 50.4 Å². The maximum Gasteiger partial charge on any atom is 0.407 e. The third-order valence-electron chi connectivity index (χ3n) is 3.69. The van der Waals surface area contributed by atoms with Crippen molar-refractivity contribution >= 4 is 6.09 Å². The molecule has 1 amide bonds. The van der Waals surface area contributed by atoms with Crippen molar-refractivity contribution in [1.29, 1.82) is 0 Å². The Morgan fingerprint density at radius 2 is 2.06 bits per heavy atom. The molecule has 1 saturated heterocycles. The number of hydrogen-bond donors (Lipinski definition) is 2. The highest BCUT2D eigenvalue weighted by molar-refractivity contribution is 5.67. The van der Waals surface area contributed by atoms with E-state index in [1.807, 2.05) is 0 Å². The molecule has 2 fully saturated rings. The fourth-order valence-electron chi connectivity index (χ4n) is 2.53. The predicted molar refractivity (Wildman–Crippen MR) is 62.3 cm³/mol. The minimum Gasteiger partial charge on any atom is -0.445 e. The number of amides is 1. The van der Waals surface area contributed by atoms with Gasteiger partial charge in [-0.15, -0.1) is 0 Å². The minimum atomic E-state index is -0.229. The van der Waals surface area contributed by atoms with Crippen molar-refractivity contribution in [2.45, 2.75) is 51.2 Å². The van der Waals surface area contributed by atoms with Gasteiger partial charge in [0.05, 0.1) is 0 Å². The van der Waals surface area contributed by atoms with Crippen LogP contribution < -0.4 is 10.6 Å². The zero-order chi connectivity index (χ0) is 11.4. The SMILES string of the molecule is CC1CCNCC1OC(=O)NC1CCCC1. The van der Waals surface area contributed by atoms with E-state index in [2.05, 4.69) is 17.6 Å². The molecule has 0 aromatic rings. The highest BCUT2D eigenvalue weighted by Gasteiger charge is 2.26. The number of piperidine rings is 1. The smallest absolute Gasteiger partial charge is 0.407 e. The lowest BCUT2D eigenvalue weighted by Gasteiger charge is -2.29. The first-order valence-electron chi connectivity index (χ1n) is 6.43. The molecule has 92 valence electrons. The summed E-state index contributed by atoms with van der Waals surface area (Å²) >= 11 is 0. The van der Waals surface area contributed by atoms with Crippen LogP contribution in [-0.2, 0) is 4.74 Å². The Hall–Kier alpha value is -0.770. The summed E-state index contributed by atoms with van der Waals surface area (Å²) in [5, 5.41) is 6.22. The average Bonchev–Trinajstić information content (AvgIpc) is 2.74. The monoisotopic (exact) mass is 226 g/mol. The number of rotatable bonds is 2. The van der Waals surface area contributed by atoms with E-state index in [-0.39, 0.29) is 12.2 Å². The molecule has 16 heavy (non-hydrogen) atoms. The summed E-state index contributed by atoms with van der Waals surface area (Å²) in [5.74, 6) is 0.468. The molecule has 0 radical (unpaired) electrons. The number of nitrogens with one attached hydrogen (secondary N) is 2. The van der Waals surface area contributed by atoms with Crippen LogP contribution in [0.1, 0.15) is 39.0 Å². The van der Waals surface area contributed by atoms with Crippen LogP contribution >= 0.6 is 0 Å². The van der Waals surface area contributed by atoms with E-state index in [4.69, 9.17) is 4.74 Å². The Bertz CT molecular complexity index is 239. The number of hydrogen-bond acceptors (Lipinski definition) is 3. The van der Waals surface area contributed by atoms with Gasteiger partial charge < -0.3 is 15.4 Å². The van der Waals surface area contributed by atoms with Gasteiger partial charge >= 0.3 is 6.09 Å². The van der Waals surface area contributed by atoms with Crippen LogP contribution in [0.2, 0.25) is 0 Å². The van der Waals surface area contributed by atoms with Crippen LogP contribution in [0.4, 0.5) is 4.79 Å². The highest BCUT2D eigenvalue weighted by Crippen LogP contribution is 2.19. The molecule has 1 heterocycles. The van der Waals surface area contributed by atoms with Crippen LogP contribution in [0, 0.1) is 5.92 Å². The third kappa shape index (κ3) is 3.11. The molecule has 4 heteroatoms. The Morgan fingerprint density at radius 3 is 2.75 bits per heavy atom. The van der Waals surface area contributed by atoms with Gasteiger partial charge in [0.2, 0.25) is 0 Å². The quantitative estimate of drug-likeness (QED) is 0.753. The van der Waals surface area contributed by atoms with Gasteiger partial charge in [-0.3, -0.25) is 0 Å². The highest BCUT2D eigenvalue weighted by atomic mass is 16.6. The molecule has 1 aliphatic carbocycles. The van der Waals surface area contributed by atoms with Crippen molar-refractivity contribution < 1.29 is 9.53 Å². The van der Waals surface area contributed by atoms with E-state index < -0.39 is 0 Å². The minimum absolute atomic E-state index is 0.0372. The molecule has 2 aliphatic rings. The Labute approximate surface area is 97.1 Å². The van der Waals surface area contributed by atoms with Gasteiger partial charge in [-0.25, -0.2) is 4.79 Å². The molecular formula is C12H22N2O2. The largest absolute Gasteiger partial charge is 0.445 e. The Balaban J connectivity index is 1.72. The number of alkyl carbamates (subject to hydrolysis) is 1. The van der Waals surface area contributed by atoms with E-state index >= 15 is 0 Å². The molecule has 1 saturated carbocycles. The predicted octanol–water partition coefficient (Wildman–Crippen LogP) is 1.65. The summed E-state index contributed by atoms with van der Waals surface area (Å²) in [6.45, 7) is 3.97. The molecule has 0 spiro atoms. The van der Waals surface area contributed by atoms with Crippen LogP contribution in [0.3, 0.4) is 0 Å². The molecule has 0 aromatic heterocycles. The molecule has 0 bridgehead atoms. The second kappa shape index (κ2) is 5.53. The average molecular weight is 226 g/mol. The zero-order valence-electron chi connectivity index (χ0n) is 10.00. The van der Waals surface area contributed by atoms with Crippen molar-refractivity contribution in [3.05, 3.63) is 0 Å². The lowest BCUT2D eigenvalue weighted by Crippen LogP contribution is -2.45. The maximum absolute atomic E-state index is 11.7. The first-order valence-corrected chi connectivity index (χ1v) is 6.43. The molecule has 2 rings (SSSR count). The van der Waals surface area contributed by atoms with Crippen molar-refractivity contribution in [2.24, 2.45) is 5.92 Å². The fourth-order valence-corrected chi connectivity index (χ4v) is 2.53. The molecule has 2 unspecified atom stereocenters. The van der Waals surface area contributed by atoms with Gasteiger partial charge in [-0.2, -0.15) is 0 Å². The van der Waals surface area contributed by atoms with Gasteiger partial charge in [-0.1, -0.05) is 19.8 Å². The fraction of sp³-hybridized carbons (Fsp3) is 0.917. The van der Waals surface area contributed by atoms with Crippen molar-refractivity contribution in [3.8, 4) is 0 Å². The standard InChI is InChI=1S/C12H22N2O2/c1-9-6-7-13-8-11(9)16-12(15)14-10-4-2-3-5-10/h9-11,13H,2-8H2,1H3,(H,14,15). The first-order chi connectivity index (χ1) is 7.75. The van der Waals surface area contributed by atoms with Gasteiger partial charge in [-0.05, 0) is 31.7 Å². The summed E-state index contributed by atoms with van der Waals surface area (Å²) in [6, 6.07) is 0.347. The van der Waals surface area contributed by atoms with Gasteiger partial charge in [0, 0.05) is 12.6 Å². The van der Waals surface area contributed by atoms with Gasteiger partial charge in [0.15, 0.2) is 0 Å². The van der Waals surface area contributed by atoms with E-state index in [9.17, 15) is 4.79 Å². The van der Waals surface area contributed by atoms with Crippen molar-refractivity contribution in [2.75, 3.05) is 13.1 Å². The van der Waals surface area contributed by atoms with Crippen LogP contribution in [-0.4, -0.2) is 31.3 Å². The molecule has 0 aromatic carbocycles. The van der Waals surface area contributed by atoms with Crippen molar-refractivity contribution in [3.63, 3.8) is 0 Å². The summed E-state index contributed by atoms with van der Waals surface area (Å²) in [5.41, 5.74) is 0. The van der Waals surface area contributed by atoms with Gasteiger partial charge in [0.25, 0.3) is 0 Å². The van der Waals surface area contributed by atoms with Crippen molar-refractivity contribution in [1.82, 2.24) is 10.6 Å². The van der Waals surface area contributed by atoms with E-state index in [1.54, 1.807) is 0 Å². The number of carbonyl (C=O) groups is 1. The van der Waals surface area contributed by atoms with E-state index in [1.165, 1.54) is 12.8 Å². The molecular weight excluding hydrogens is 204 g/mol. The summed E-state index contributed by atoms with van der Waals surface area (Å²) in [4.78, 5) is 11.7.